The average molecular weight is 313 g/mol. The summed E-state index contributed by atoms with van der Waals surface area (Å²) in [5.41, 5.74) is 0.392. The third kappa shape index (κ3) is 5.63. The summed E-state index contributed by atoms with van der Waals surface area (Å²) in [5.74, 6) is -1.08. The molecule has 1 N–H and O–H groups in total. The van der Waals surface area contributed by atoms with E-state index < -0.39 is 12.5 Å². The normalized spacial score (nSPS) is 11.1. The lowest BCUT2D eigenvalue weighted by atomic mass is 9.96. The first-order chi connectivity index (χ1) is 9.60. The maximum absolute atomic E-state index is 12.5. The Balaban J connectivity index is 3.02. The van der Waals surface area contributed by atoms with Crippen LogP contribution in [-0.2, 0) is 4.79 Å². The minimum atomic E-state index is -1.08. The predicted molar refractivity (Wildman–Crippen MR) is 83.9 cm³/mol. The molecule has 1 aromatic rings. The van der Waals surface area contributed by atoms with E-state index in [1.807, 2.05) is 20.8 Å². The number of nitrogens with zero attached hydrogens (tertiary/aromatic N) is 2. The zero-order valence-corrected chi connectivity index (χ0v) is 13.5. The maximum Gasteiger partial charge on any atom is 0.324 e. The summed E-state index contributed by atoms with van der Waals surface area (Å²) in [6.07, 6.45) is 0. The van der Waals surface area contributed by atoms with Crippen LogP contribution in [0.1, 0.15) is 20.8 Å². The SMILES string of the molecule is CN(CC(C)(C)C)C(=O)N(CC(=O)O)c1cccc(Cl)c1. The molecule has 116 valence electrons. The number of rotatable bonds is 4. The summed E-state index contributed by atoms with van der Waals surface area (Å²) in [7, 11) is 1.66. The first kappa shape index (κ1) is 17.3. The fraction of sp³-hybridized carbons (Fsp3) is 0.467. The number of carbonyl (C=O) groups excluding carboxylic acids is 1. The number of carboxylic acids is 1. The minimum absolute atomic E-state index is 0.0758. The van der Waals surface area contributed by atoms with Gasteiger partial charge in [0.1, 0.15) is 6.54 Å². The Labute approximate surface area is 130 Å². The quantitative estimate of drug-likeness (QED) is 0.927. The van der Waals surface area contributed by atoms with Crippen molar-refractivity contribution in [1.82, 2.24) is 4.90 Å². The number of benzene rings is 1. The second kappa shape index (κ2) is 6.80. The smallest absolute Gasteiger partial charge is 0.324 e. The van der Waals surface area contributed by atoms with Crippen molar-refractivity contribution >= 4 is 29.3 Å². The Morgan fingerprint density at radius 2 is 1.90 bits per heavy atom. The van der Waals surface area contributed by atoms with Gasteiger partial charge in [0.25, 0.3) is 0 Å². The molecule has 0 radical (unpaired) electrons. The lowest BCUT2D eigenvalue weighted by molar-refractivity contribution is -0.135. The molecule has 0 aliphatic carbocycles. The van der Waals surface area contributed by atoms with Gasteiger partial charge in [0.2, 0.25) is 0 Å². The number of hydrogen-bond donors (Lipinski definition) is 1. The summed E-state index contributed by atoms with van der Waals surface area (Å²) in [6, 6.07) is 6.23. The van der Waals surface area contributed by atoms with Crippen molar-refractivity contribution < 1.29 is 14.7 Å². The van der Waals surface area contributed by atoms with Crippen LogP contribution in [0.2, 0.25) is 5.02 Å². The third-order valence-corrected chi connectivity index (χ3v) is 2.92. The molecule has 0 saturated carbocycles. The van der Waals surface area contributed by atoms with E-state index in [1.165, 1.54) is 9.80 Å². The van der Waals surface area contributed by atoms with Crippen molar-refractivity contribution in [3.05, 3.63) is 29.3 Å². The van der Waals surface area contributed by atoms with Crippen LogP contribution in [0.3, 0.4) is 0 Å². The number of carboxylic acid groups (broad SMARTS) is 1. The van der Waals surface area contributed by atoms with E-state index in [2.05, 4.69) is 0 Å². The molecule has 0 aliphatic rings. The van der Waals surface area contributed by atoms with Crippen LogP contribution in [-0.4, -0.2) is 42.1 Å². The zero-order valence-electron chi connectivity index (χ0n) is 12.8. The molecule has 1 aromatic carbocycles. The first-order valence-corrected chi connectivity index (χ1v) is 6.98. The number of carbonyl (C=O) groups is 2. The summed E-state index contributed by atoms with van der Waals surface area (Å²) in [6.45, 7) is 6.14. The molecule has 2 amide bonds. The van der Waals surface area contributed by atoms with Crippen molar-refractivity contribution in [2.45, 2.75) is 20.8 Å². The average Bonchev–Trinajstić information content (AvgIpc) is 2.32. The molecule has 0 bridgehead atoms. The Morgan fingerprint density at radius 1 is 1.29 bits per heavy atom. The number of urea groups is 1. The standard InChI is InChI=1S/C15H21ClN2O3/c1-15(2,3)10-17(4)14(21)18(9-13(19)20)12-7-5-6-11(16)8-12/h5-8H,9-10H2,1-4H3,(H,19,20). The van der Waals surface area contributed by atoms with Crippen molar-refractivity contribution in [2.75, 3.05) is 25.0 Å². The van der Waals surface area contributed by atoms with E-state index in [0.29, 0.717) is 17.3 Å². The highest BCUT2D eigenvalue weighted by Gasteiger charge is 2.25. The predicted octanol–water partition coefficient (Wildman–Crippen LogP) is 3.33. The fourth-order valence-corrected chi connectivity index (χ4v) is 2.22. The van der Waals surface area contributed by atoms with Crippen LogP contribution < -0.4 is 4.90 Å². The van der Waals surface area contributed by atoms with Crippen LogP contribution in [0.25, 0.3) is 0 Å². The number of anilines is 1. The molecule has 0 saturated heterocycles. The van der Waals surface area contributed by atoms with Crippen molar-refractivity contribution in [3.8, 4) is 0 Å². The van der Waals surface area contributed by atoms with Crippen LogP contribution in [0.5, 0.6) is 0 Å². The summed E-state index contributed by atoms with van der Waals surface area (Å²) in [4.78, 5) is 26.3. The number of aliphatic carboxylic acids is 1. The van der Waals surface area contributed by atoms with Gasteiger partial charge in [0.05, 0.1) is 0 Å². The van der Waals surface area contributed by atoms with E-state index in [-0.39, 0.29) is 11.4 Å². The van der Waals surface area contributed by atoms with Gasteiger partial charge in [0, 0.05) is 24.3 Å². The molecular weight excluding hydrogens is 292 g/mol. The highest BCUT2D eigenvalue weighted by molar-refractivity contribution is 6.30. The second-order valence-electron chi connectivity index (χ2n) is 6.16. The molecule has 0 atom stereocenters. The van der Waals surface area contributed by atoms with Gasteiger partial charge in [-0.25, -0.2) is 4.79 Å². The topological polar surface area (TPSA) is 60.9 Å². The van der Waals surface area contributed by atoms with Crippen LogP contribution >= 0.6 is 11.6 Å². The molecular formula is C15H21ClN2O3. The van der Waals surface area contributed by atoms with Crippen molar-refractivity contribution in [3.63, 3.8) is 0 Å². The number of hydrogen-bond acceptors (Lipinski definition) is 2. The Kier molecular flexibility index (Phi) is 5.61. The number of halogens is 1. The largest absolute Gasteiger partial charge is 0.480 e. The van der Waals surface area contributed by atoms with Gasteiger partial charge >= 0.3 is 12.0 Å². The molecule has 0 heterocycles. The van der Waals surface area contributed by atoms with Crippen LogP contribution in [0, 0.1) is 5.41 Å². The van der Waals surface area contributed by atoms with Gasteiger partial charge in [0.15, 0.2) is 0 Å². The van der Waals surface area contributed by atoms with Crippen molar-refractivity contribution in [1.29, 1.82) is 0 Å². The molecule has 1 rings (SSSR count). The van der Waals surface area contributed by atoms with E-state index >= 15 is 0 Å². The summed E-state index contributed by atoms with van der Waals surface area (Å²) < 4.78 is 0. The van der Waals surface area contributed by atoms with Crippen LogP contribution in [0.4, 0.5) is 10.5 Å². The molecule has 21 heavy (non-hydrogen) atoms. The van der Waals surface area contributed by atoms with E-state index in [4.69, 9.17) is 16.7 Å². The molecule has 6 heteroatoms. The van der Waals surface area contributed by atoms with Crippen molar-refractivity contribution in [2.24, 2.45) is 5.41 Å². The highest BCUT2D eigenvalue weighted by atomic mass is 35.5. The molecule has 0 fully saturated rings. The molecule has 0 unspecified atom stereocenters. The Morgan fingerprint density at radius 3 is 2.38 bits per heavy atom. The maximum atomic E-state index is 12.5. The zero-order chi connectivity index (χ0) is 16.2. The minimum Gasteiger partial charge on any atom is -0.480 e. The van der Waals surface area contributed by atoms with E-state index in [9.17, 15) is 9.59 Å². The van der Waals surface area contributed by atoms with Gasteiger partial charge in [-0.15, -0.1) is 0 Å². The summed E-state index contributed by atoms with van der Waals surface area (Å²) >= 11 is 5.92. The number of amides is 2. The Bertz CT molecular complexity index is 526. The second-order valence-corrected chi connectivity index (χ2v) is 6.60. The fourth-order valence-electron chi connectivity index (χ4n) is 2.03. The Hall–Kier alpha value is -1.75. The molecule has 0 spiro atoms. The molecule has 5 nitrogen and oxygen atoms in total. The van der Waals surface area contributed by atoms with E-state index in [1.54, 1.807) is 31.3 Å². The summed E-state index contributed by atoms with van der Waals surface area (Å²) in [5, 5.41) is 9.49. The van der Waals surface area contributed by atoms with E-state index in [0.717, 1.165) is 0 Å². The molecule has 0 aromatic heterocycles. The van der Waals surface area contributed by atoms with Gasteiger partial charge < -0.3 is 10.0 Å². The first-order valence-electron chi connectivity index (χ1n) is 6.60. The third-order valence-electron chi connectivity index (χ3n) is 2.68. The molecule has 0 aliphatic heterocycles. The lowest BCUT2D eigenvalue weighted by Crippen LogP contribution is -2.46. The van der Waals surface area contributed by atoms with Gasteiger partial charge in [-0.3, -0.25) is 9.69 Å². The van der Waals surface area contributed by atoms with Gasteiger partial charge in [-0.1, -0.05) is 38.4 Å². The van der Waals surface area contributed by atoms with Gasteiger partial charge in [-0.05, 0) is 23.6 Å². The lowest BCUT2D eigenvalue weighted by Gasteiger charge is -2.31. The highest BCUT2D eigenvalue weighted by Crippen LogP contribution is 2.22. The van der Waals surface area contributed by atoms with Crippen LogP contribution in [0.15, 0.2) is 24.3 Å². The monoisotopic (exact) mass is 312 g/mol. The van der Waals surface area contributed by atoms with Gasteiger partial charge in [-0.2, -0.15) is 0 Å².